The van der Waals surface area contributed by atoms with Gasteiger partial charge in [-0.15, -0.1) is 0 Å². The number of benzene rings is 2. The van der Waals surface area contributed by atoms with Crippen LogP contribution in [0.1, 0.15) is 36.0 Å². The molecule has 2 amide bonds. The van der Waals surface area contributed by atoms with E-state index in [9.17, 15) is 9.59 Å². The molecular weight excluding hydrogens is 414 g/mol. The fraction of sp³-hybridized carbons (Fsp3) is 0.308. The maximum absolute atomic E-state index is 13.6. The van der Waals surface area contributed by atoms with Gasteiger partial charge >= 0.3 is 0 Å². The molecule has 2 aromatic carbocycles. The van der Waals surface area contributed by atoms with Gasteiger partial charge in [0.05, 0.1) is 5.92 Å². The van der Waals surface area contributed by atoms with Gasteiger partial charge in [0, 0.05) is 60.8 Å². The highest BCUT2D eigenvalue weighted by atomic mass is 16.2. The molecule has 7 nitrogen and oxygen atoms in total. The standard InChI is InChI=1S/C26H25N5O2/c27-20-2-1-3-21(11-20)30-14-19(10-24(30)32)25(33)31-15-26(6-7-26)22-9-17(4-5-23(22)31)8-18-12-28-16-29-13-18/h1-5,9,11-13,16,19H,6-8,10,14-15,27H2. The van der Waals surface area contributed by atoms with Crippen LogP contribution in [-0.4, -0.2) is 34.9 Å². The number of nitrogens with zero attached hydrogens (tertiary/aromatic N) is 4. The van der Waals surface area contributed by atoms with Crippen molar-refractivity contribution < 1.29 is 9.59 Å². The molecule has 1 saturated heterocycles. The van der Waals surface area contributed by atoms with Gasteiger partial charge in [0.2, 0.25) is 11.8 Å². The van der Waals surface area contributed by atoms with Crippen molar-refractivity contribution in [1.82, 2.24) is 9.97 Å². The Morgan fingerprint density at radius 3 is 2.67 bits per heavy atom. The van der Waals surface area contributed by atoms with Crippen LogP contribution in [0.5, 0.6) is 0 Å². The Kier molecular flexibility index (Phi) is 4.47. The molecular formula is C26H25N5O2. The largest absolute Gasteiger partial charge is 0.399 e. The molecule has 166 valence electrons. The first-order valence-corrected chi connectivity index (χ1v) is 11.4. The normalized spacial score (nSPS) is 20.4. The summed E-state index contributed by atoms with van der Waals surface area (Å²) in [6.07, 6.45) is 8.42. The van der Waals surface area contributed by atoms with Crippen molar-refractivity contribution in [2.75, 3.05) is 28.6 Å². The second-order valence-corrected chi connectivity index (χ2v) is 9.48. The average Bonchev–Trinajstić information content (AvgIpc) is 3.40. The van der Waals surface area contributed by atoms with Gasteiger partial charge in [-0.3, -0.25) is 9.59 Å². The van der Waals surface area contributed by atoms with E-state index in [0.717, 1.165) is 36.2 Å². The summed E-state index contributed by atoms with van der Waals surface area (Å²) in [7, 11) is 0. The SMILES string of the molecule is Nc1cccc(N2CC(C(=O)N3CC4(CC4)c4cc(Cc5cncnc5)ccc43)CC2=O)c1. The molecule has 1 aromatic heterocycles. The topological polar surface area (TPSA) is 92.4 Å². The molecule has 7 heteroatoms. The number of nitrogens with two attached hydrogens (primary N) is 1. The highest BCUT2D eigenvalue weighted by Crippen LogP contribution is 2.57. The van der Waals surface area contributed by atoms with Crippen LogP contribution < -0.4 is 15.5 Å². The molecule has 1 aliphatic carbocycles. The number of hydrogen-bond acceptors (Lipinski definition) is 5. The smallest absolute Gasteiger partial charge is 0.232 e. The minimum absolute atomic E-state index is 0.0278. The number of nitrogen functional groups attached to an aromatic ring is 1. The number of rotatable bonds is 4. The molecule has 1 saturated carbocycles. The second-order valence-electron chi connectivity index (χ2n) is 9.48. The van der Waals surface area contributed by atoms with E-state index in [1.54, 1.807) is 17.0 Å². The number of amides is 2. The molecule has 2 fully saturated rings. The maximum atomic E-state index is 13.6. The fourth-order valence-corrected chi connectivity index (χ4v) is 5.29. The molecule has 0 radical (unpaired) electrons. The molecule has 1 unspecified atom stereocenters. The summed E-state index contributed by atoms with van der Waals surface area (Å²) >= 11 is 0. The van der Waals surface area contributed by atoms with E-state index in [1.165, 1.54) is 17.5 Å². The van der Waals surface area contributed by atoms with Gasteiger partial charge in [0.15, 0.2) is 0 Å². The highest BCUT2D eigenvalue weighted by Gasteiger charge is 2.54. The minimum atomic E-state index is -0.346. The lowest BCUT2D eigenvalue weighted by molar-refractivity contribution is -0.124. The summed E-state index contributed by atoms with van der Waals surface area (Å²) < 4.78 is 0. The zero-order valence-corrected chi connectivity index (χ0v) is 18.3. The van der Waals surface area contributed by atoms with Crippen molar-refractivity contribution in [2.24, 2.45) is 5.92 Å². The van der Waals surface area contributed by atoms with Gasteiger partial charge in [-0.25, -0.2) is 9.97 Å². The lowest BCUT2D eigenvalue weighted by Gasteiger charge is -2.22. The lowest BCUT2D eigenvalue weighted by atomic mass is 9.95. The molecule has 0 bridgehead atoms. The van der Waals surface area contributed by atoms with Crippen LogP contribution in [0.25, 0.3) is 0 Å². The van der Waals surface area contributed by atoms with Crippen LogP contribution in [0, 0.1) is 5.92 Å². The van der Waals surface area contributed by atoms with Gasteiger partial charge in [-0.2, -0.15) is 0 Å². The number of carbonyl (C=O) groups excluding carboxylic acids is 2. The van der Waals surface area contributed by atoms with E-state index >= 15 is 0 Å². The van der Waals surface area contributed by atoms with Crippen molar-refractivity contribution in [3.63, 3.8) is 0 Å². The van der Waals surface area contributed by atoms with Gasteiger partial charge in [-0.1, -0.05) is 18.2 Å². The number of carbonyl (C=O) groups is 2. The van der Waals surface area contributed by atoms with Gasteiger partial charge < -0.3 is 15.5 Å². The summed E-state index contributed by atoms with van der Waals surface area (Å²) in [4.78, 5) is 38.2. The van der Waals surface area contributed by atoms with Crippen LogP contribution in [0.4, 0.5) is 17.1 Å². The van der Waals surface area contributed by atoms with E-state index in [0.29, 0.717) is 18.8 Å². The predicted octanol–water partition coefficient (Wildman–Crippen LogP) is 3.08. The summed E-state index contributed by atoms with van der Waals surface area (Å²) in [5.41, 5.74) is 11.9. The third-order valence-corrected chi connectivity index (χ3v) is 7.18. The van der Waals surface area contributed by atoms with Gasteiger partial charge in [0.1, 0.15) is 6.33 Å². The van der Waals surface area contributed by atoms with Crippen LogP contribution >= 0.6 is 0 Å². The zero-order valence-electron chi connectivity index (χ0n) is 18.3. The number of anilines is 3. The molecule has 1 spiro atoms. The Morgan fingerprint density at radius 1 is 1.09 bits per heavy atom. The number of hydrogen-bond donors (Lipinski definition) is 1. The Labute approximate surface area is 192 Å². The molecule has 33 heavy (non-hydrogen) atoms. The summed E-state index contributed by atoms with van der Waals surface area (Å²) in [6.45, 7) is 1.11. The van der Waals surface area contributed by atoms with E-state index in [1.807, 2.05) is 29.4 Å². The van der Waals surface area contributed by atoms with Crippen LogP contribution in [-0.2, 0) is 21.4 Å². The Balaban J connectivity index is 1.24. The fourth-order valence-electron chi connectivity index (χ4n) is 5.29. The average molecular weight is 440 g/mol. The van der Waals surface area contributed by atoms with Crippen LogP contribution in [0.3, 0.4) is 0 Å². The molecule has 1 atom stereocenters. The summed E-state index contributed by atoms with van der Waals surface area (Å²) in [5.74, 6) is -0.328. The third-order valence-electron chi connectivity index (χ3n) is 7.18. The van der Waals surface area contributed by atoms with Gasteiger partial charge in [0.25, 0.3) is 0 Å². The maximum Gasteiger partial charge on any atom is 0.232 e. The first-order valence-electron chi connectivity index (χ1n) is 11.4. The van der Waals surface area contributed by atoms with E-state index in [4.69, 9.17) is 5.73 Å². The summed E-state index contributed by atoms with van der Waals surface area (Å²) in [6, 6.07) is 13.7. The third kappa shape index (κ3) is 3.44. The Hall–Kier alpha value is -3.74. The second kappa shape index (κ2) is 7.40. The predicted molar refractivity (Wildman–Crippen MR) is 126 cm³/mol. The lowest BCUT2D eigenvalue weighted by Crippen LogP contribution is -2.37. The van der Waals surface area contributed by atoms with Crippen molar-refractivity contribution >= 4 is 28.9 Å². The molecule has 3 aromatic rings. The molecule has 3 aliphatic rings. The molecule has 2 aliphatic heterocycles. The van der Waals surface area contributed by atoms with E-state index in [2.05, 4.69) is 28.2 Å². The summed E-state index contributed by atoms with van der Waals surface area (Å²) in [5, 5.41) is 0. The minimum Gasteiger partial charge on any atom is -0.399 e. The highest BCUT2D eigenvalue weighted by molar-refractivity contribution is 6.05. The first kappa shape index (κ1) is 19.9. The number of aromatic nitrogens is 2. The monoisotopic (exact) mass is 439 g/mol. The van der Waals surface area contributed by atoms with E-state index < -0.39 is 0 Å². The Morgan fingerprint density at radius 2 is 1.91 bits per heavy atom. The van der Waals surface area contributed by atoms with Crippen molar-refractivity contribution in [2.45, 2.75) is 31.1 Å². The number of fused-ring (bicyclic) bond motifs is 2. The Bertz CT molecular complexity index is 1250. The van der Waals surface area contributed by atoms with Crippen molar-refractivity contribution in [3.8, 4) is 0 Å². The van der Waals surface area contributed by atoms with Gasteiger partial charge in [-0.05, 0) is 53.8 Å². The zero-order chi connectivity index (χ0) is 22.6. The quantitative estimate of drug-likeness (QED) is 0.631. The van der Waals surface area contributed by atoms with Crippen LogP contribution in [0.2, 0.25) is 0 Å². The van der Waals surface area contributed by atoms with Crippen molar-refractivity contribution in [1.29, 1.82) is 0 Å². The molecule has 2 N–H and O–H groups in total. The molecule has 6 rings (SSSR count). The first-order chi connectivity index (χ1) is 16.0. The van der Waals surface area contributed by atoms with Crippen LogP contribution in [0.15, 0.2) is 61.2 Å². The van der Waals surface area contributed by atoms with Crippen molar-refractivity contribution in [3.05, 3.63) is 77.9 Å². The van der Waals surface area contributed by atoms with E-state index in [-0.39, 0.29) is 29.6 Å². The molecule has 3 heterocycles.